The molecule has 0 saturated heterocycles. The summed E-state index contributed by atoms with van der Waals surface area (Å²) in [7, 11) is 0. The zero-order valence-electron chi connectivity index (χ0n) is 20.2. The Hall–Kier alpha value is -2.57. The number of rotatable bonds is 10. The number of esters is 2. The first-order valence-corrected chi connectivity index (χ1v) is 9.85. The molecule has 0 spiro atoms. The molecule has 15 heteroatoms. The van der Waals surface area contributed by atoms with Crippen molar-refractivity contribution in [3.05, 3.63) is 0 Å². The average Bonchev–Trinajstić information content (AvgIpc) is 2.56. The zero-order chi connectivity index (χ0) is 25.5. The Balaban J connectivity index is -0.000000123. The Bertz CT molecular complexity index is 627. The molecule has 0 radical (unpaired) electrons. The van der Waals surface area contributed by atoms with Crippen molar-refractivity contribution < 1.29 is 79.7 Å². The van der Waals surface area contributed by atoms with Crippen LogP contribution in [0.1, 0.15) is 72.6 Å². The van der Waals surface area contributed by atoms with Gasteiger partial charge in [-0.2, -0.15) is 0 Å². The number of hydrogen-bond donors (Lipinski definition) is 2. The summed E-state index contributed by atoms with van der Waals surface area (Å²) in [6, 6.07) is 0. The van der Waals surface area contributed by atoms with E-state index in [1.165, 1.54) is 0 Å². The number of ether oxygens (including phenoxy) is 2. The van der Waals surface area contributed by atoms with E-state index in [9.17, 15) is 49.2 Å². The quantitative estimate of drug-likeness (QED) is 0.170. The normalized spacial score (nSPS) is 12.2. The van der Waals surface area contributed by atoms with Gasteiger partial charge in [-0.3, -0.25) is 9.59 Å². The molecule has 0 aliphatic heterocycles. The Labute approximate surface area is 218 Å². The molecule has 1 fully saturated rings. The van der Waals surface area contributed by atoms with Crippen LogP contribution < -0.4 is 32.7 Å². The summed E-state index contributed by atoms with van der Waals surface area (Å²) in [5.74, 6) is -6.48. The minimum absolute atomic E-state index is 0. The van der Waals surface area contributed by atoms with E-state index in [0.29, 0.717) is 6.42 Å². The molecule has 1 saturated carbocycles. The van der Waals surface area contributed by atoms with Gasteiger partial charge in [0.1, 0.15) is 0 Å². The number of carboxylic acids is 4. The van der Waals surface area contributed by atoms with E-state index in [0.717, 1.165) is 0 Å². The van der Waals surface area contributed by atoms with Crippen LogP contribution >= 0.6 is 0 Å². The molecule has 0 heterocycles. The SMILES string of the molecule is CC(C)OC(=O)CCC(=O)[O-].CC(C)OC(=O)CCC(=O)[O-].N.N.O=C([O-])C1(C(=O)[O-])CCC1.[Pt+4]. The maximum absolute atomic E-state index is 10.6. The van der Waals surface area contributed by atoms with Gasteiger partial charge < -0.3 is 61.4 Å². The Morgan fingerprint density at radius 2 is 0.943 bits per heavy atom. The van der Waals surface area contributed by atoms with E-state index in [2.05, 4.69) is 9.47 Å². The molecule has 35 heavy (non-hydrogen) atoms. The van der Waals surface area contributed by atoms with E-state index in [-0.39, 0.29) is 84.1 Å². The molecule has 0 bridgehead atoms. The van der Waals surface area contributed by atoms with Gasteiger partial charge in [0.2, 0.25) is 0 Å². The molecule has 0 aromatic carbocycles. The van der Waals surface area contributed by atoms with Crippen LogP contribution in [0, 0.1) is 5.41 Å². The van der Waals surface area contributed by atoms with Gasteiger partial charge in [-0.1, -0.05) is 6.42 Å². The van der Waals surface area contributed by atoms with Gasteiger partial charge in [0.25, 0.3) is 0 Å². The second-order valence-corrected chi connectivity index (χ2v) is 7.33. The zero-order valence-corrected chi connectivity index (χ0v) is 22.5. The van der Waals surface area contributed by atoms with Gasteiger partial charge in [-0.15, -0.1) is 0 Å². The number of carboxylic acid groups (broad SMARTS) is 4. The first-order chi connectivity index (χ1) is 14.6. The van der Waals surface area contributed by atoms with Gasteiger partial charge in [-0.25, -0.2) is 0 Å². The van der Waals surface area contributed by atoms with Crippen molar-refractivity contribution in [3.63, 3.8) is 0 Å². The van der Waals surface area contributed by atoms with Gasteiger partial charge in [0, 0.05) is 17.4 Å². The minimum Gasteiger partial charge on any atom is -0.550 e. The van der Waals surface area contributed by atoms with E-state index >= 15 is 0 Å². The maximum atomic E-state index is 10.6. The van der Waals surface area contributed by atoms with Crippen molar-refractivity contribution in [2.75, 3.05) is 0 Å². The van der Waals surface area contributed by atoms with Crippen LogP contribution in [-0.4, -0.2) is 48.0 Å². The standard InChI is InChI=1S/2C7H12O4.C6H8O4.2H3N.Pt/c2*1-5(2)11-7(10)4-3-6(8)9;7-4(8)6(5(9)10)2-1-3-6;;;/h2*5H,3-4H2,1-2H3,(H,8,9);1-3H2,(H,7,8)(H,9,10);2*1H3;/q;;;;;+4/p-4. The van der Waals surface area contributed by atoms with E-state index in [4.69, 9.17) is 0 Å². The second-order valence-electron chi connectivity index (χ2n) is 7.33. The Morgan fingerprint density at radius 3 is 1.06 bits per heavy atom. The summed E-state index contributed by atoms with van der Waals surface area (Å²) in [6.45, 7) is 6.82. The third kappa shape index (κ3) is 21.7. The molecular formula is C20H34N2O12Pt. The molecule has 0 amide bonds. The molecule has 0 aromatic rings. The summed E-state index contributed by atoms with van der Waals surface area (Å²) in [5, 5.41) is 40.2. The van der Waals surface area contributed by atoms with Crippen molar-refractivity contribution in [2.45, 2.75) is 84.8 Å². The topological polar surface area (TPSA) is 283 Å². The largest absolute Gasteiger partial charge is 4.00 e. The van der Waals surface area contributed by atoms with Crippen molar-refractivity contribution in [1.29, 1.82) is 0 Å². The van der Waals surface area contributed by atoms with Crippen LogP contribution in [0.25, 0.3) is 0 Å². The van der Waals surface area contributed by atoms with Gasteiger partial charge in [0.15, 0.2) is 0 Å². The molecule has 0 aromatic heterocycles. The predicted molar refractivity (Wildman–Crippen MR) is 107 cm³/mol. The fourth-order valence-electron chi connectivity index (χ4n) is 2.07. The maximum Gasteiger partial charge on any atom is 4.00 e. The Morgan fingerprint density at radius 1 is 0.657 bits per heavy atom. The summed E-state index contributed by atoms with van der Waals surface area (Å²) in [6.07, 6.45) is -0.219. The molecule has 6 N–H and O–H groups in total. The number of carbonyl (C=O) groups excluding carboxylic acids is 6. The van der Waals surface area contributed by atoms with Gasteiger partial charge in [0.05, 0.1) is 37.0 Å². The minimum atomic E-state index is -1.67. The van der Waals surface area contributed by atoms with Crippen molar-refractivity contribution in [3.8, 4) is 0 Å². The first-order valence-electron chi connectivity index (χ1n) is 9.85. The fourth-order valence-corrected chi connectivity index (χ4v) is 2.07. The monoisotopic (exact) mass is 689 g/mol. The van der Waals surface area contributed by atoms with Crippen LogP contribution in [0.3, 0.4) is 0 Å². The van der Waals surface area contributed by atoms with E-state index in [1.807, 2.05) is 0 Å². The van der Waals surface area contributed by atoms with Crippen LogP contribution in [0.2, 0.25) is 0 Å². The predicted octanol–water partition coefficient (Wildman–Crippen LogP) is -3.09. The van der Waals surface area contributed by atoms with Gasteiger partial charge >= 0.3 is 33.0 Å². The Kier molecular flexibility index (Phi) is 26.7. The van der Waals surface area contributed by atoms with Crippen LogP contribution in [-0.2, 0) is 59.3 Å². The molecule has 0 atom stereocenters. The number of aliphatic carboxylic acids is 4. The molecule has 206 valence electrons. The van der Waals surface area contributed by atoms with E-state index in [1.54, 1.807) is 27.7 Å². The summed E-state index contributed by atoms with van der Waals surface area (Å²) in [5.41, 5.74) is -1.67. The van der Waals surface area contributed by atoms with Crippen LogP contribution in [0.4, 0.5) is 0 Å². The van der Waals surface area contributed by atoms with E-state index < -0.39 is 41.2 Å². The number of hydrogen-bond acceptors (Lipinski definition) is 14. The first kappa shape index (κ1) is 42.6. The number of carbonyl (C=O) groups is 6. The van der Waals surface area contributed by atoms with Crippen molar-refractivity contribution in [1.82, 2.24) is 12.3 Å². The average molecular weight is 690 g/mol. The summed E-state index contributed by atoms with van der Waals surface area (Å²) >= 11 is 0. The molecule has 1 aliphatic carbocycles. The summed E-state index contributed by atoms with van der Waals surface area (Å²) in [4.78, 5) is 61.5. The fraction of sp³-hybridized carbons (Fsp3) is 0.700. The molecule has 14 nitrogen and oxygen atoms in total. The molecular weight excluding hydrogens is 655 g/mol. The smallest absolute Gasteiger partial charge is 0.550 e. The molecule has 1 rings (SSSR count). The van der Waals surface area contributed by atoms with Crippen molar-refractivity contribution in [2.24, 2.45) is 5.41 Å². The van der Waals surface area contributed by atoms with Gasteiger partial charge in [-0.05, 0) is 53.4 Å². The molecule has 0 unspecified atom stereocenters. The van der Waals surface area contributed by atoms with Crippen molar-refractivity contribution >= 4 is 35.8 Å². The summed E-state index contributed by atoms with van der Waals surface area (Å²) < 4.78 is 9.34. The third-order valence-electron chi connectivity index (χ3n) is 3.79. The third-order valence-corrected chi connectivity index (χ3v) is 3.79. The second kappa shape index (κ2) is 21.9. The van der Waals surface area contributed by atoms with Crippen LogP contribution in [0.5, 0.6) is 0 Å². The molecule has 1 aliphatic rings. The van der Waals surface area contributed by atoms with Crippen LogP contribution in [0.15, 0.2) is 0 Å².